The predicted molar refractivity (Wildman–Crippen MR) is 151 cm³/mol. The van der Waals surface area contributed by atoms with E-state index >= 15 is 0 Å². The van der Waals surface area contributed by atoms with Gasteiger partial charge < -0.3 is 74.4 Å². The zero-order valence-corrected chi connectivity index (χ0v) is 24.3. The van der Waals surface area contributed by atoms with Crippen LogP contribution in [0.25, 0.3) is 6.08 Å². The lowest BCUT2D eigenvalue weighted by Crippen LogP contribution is -2.60. The van der Waals surface area contributed by atoms with Gasteiger partial charge in [0.05, 0.1) is 31.5 Å². The van der Waals surface area contributed by atoms with Crippen LogP contribution in [0.4, 0.5) is 0 Å². The van der Waals surface area contributed by atoms with Crippen molar-refractivity contribution in [2.45, 2.75) is 73.8 Å². The number of phenols is 1. The summed E-state index contributed by atoms with van der Waals surface area (Å²) in [7, 11) is 0. The van der Waals surface area contributed by atoms with Crippen LogP contribution in [0.2, 0.25) is 0 Å². The molecule has 3 aliphatic heterocycles. The Kier molecular flexibility index (Phi) is 11.1. The Morgan fingerprint density at radius 2 is 1.43 bits per heavy atom. The summed E-state index contributed by atoms with van der Waals surface area (Å²) in [5.41, 5.74) is 0.995. The molecule has 0 radical (unpaired) electrons. The summed E-state index contributed by atoms with van der Waals surface area (Å²) >= 11 is 0. The smallest absolute Gasteiger partial charge is 0.330 e. The number of hydrogen-bond donors (Lipinski definition) is 9. The van der Waals surface area contributed by atoms with Crippen LogP contribution >= 0.6 is 0 Å². The molecular weight excluding hydrogens is 616 g/mol. The van der Waals surface area contributed by atoms with E-state index in [1.807, 2.05) is 0 Å². The second-order valence-corrected chi connectivity index (χ2v) is 11.3. The van der Waals surface area contributed by atoms with Crippen LogP contribution < -0.4 is 0 Å². The average molecular weight is 655 g/mol. The maximum atomic E-state index is 12.3. The average Bonchev–Trinajstić information content (AvgIpc) is 3.42. The molecule has 46 heavy (non-hydrogen) atoms. The Morgan fingerprint density at radius 3 is 2.09 bits per heavy atom. The topological polar surface area (TPSA) is 255 Å². The third-order valence-corrected chi connectivity index (χ3v) is 8.36. The van der Waals surface area contributed by atoms with Gasteiger partial charge in [-0.2, -0.15) is 0 Å². The van der Waals surface area contributed by atoms with Crippen LogP contribution in [0.5, 0.6) is 5.75 Å². The molecule has 1 aromatic carbocycles. The molecule has 0 amide bonds. The number of carbonyl (C=O) groups is 1. The minimum absolute atomic E-state index is 0.0611. The fraction of sp³-hybridized carbons (Fsp3) is 0.567. The SMILES string of the molecule is O=C(C=Cc1ccc(O)cc1)OC[C@H]1O[C@@H](O[C@@H]2C=C(CO)[C@H]3[C@H](O[C@@H]4O[C@H](CO)[C@@H](O)[C@H](O)[C@H]4O)OC=C[C@H]32)[C@H](O)[C@@H](O)[C@@H]1O. The van der Waals surface area contributed by atoms with Crippen molar-refractivity contribution in [2.75, 3.05) is 19.8 Å². The molecule has 1 aliphatic carbocycles. The zero-order valence-electron chi connectivity index (χ0n) is 24.3. The molecule has 0 saturated carbocycles. The summed E-state index contributed by atoms with van der Waals surface area (Å²) in [6, 6.07) is 6.04. The first kappa shape index (κ1) is 34.4. The third-order valence-electron chi connectivity index (χ3n) is 8.36. The molecule has 4 aliphatic rings. The van der Waals surface area contributed by atoms with Gasteiger partial charge >= 0.3 is 5.97 Å². The molecule has 254 valence electrons. The molecule has 2 saturated heterocycles. The number of benzene rings is 1. The lowest BCUT2D eigenvalue weighted by Gasteiger charge is -2.43. The second kappa shape index (κ2) is 14.8. The summed E-state index contributed by atoms with van der Waals surface area (Å²) in [5, 5.41) is 91.3. The maximum Gasteiger partial charge on any atom is 0.330 e. The Labute approximate surface area is 262 Å². The number of rotatable bonds is 10. The molecule has 5 rings (SSSR count). The summed E-state index contributed by atoms with van der Waals surface area (Å²) in [6.07, 6.45) is -10.7. The number of esters is 1. The molecule has 1 aromatic rings. The highest BCUT2D eigenvalue weighted by Gasteiger charge is 2.51. The fourth-order valence-corrected chi connectivity index (χ4v) is 5.77. The van der Waals surface area contributed by atoms with Gasteiger partial charge in [-0.3, -0.25) is 0 Å². The van der Waals surface area contributed by atoms with Crippen molar-refractivity contribution in [3.8, 4) is 5.75 Å². The van der Waals surface area contributed by atoms with Gasteiger partial charge in [-0.15, -0.1) is 0 Å². The summed E-state index contributed by atoms with van der Waals surface area (Å²) < 4.78 is 33.7. The van der Waals surface area contributed by atoms with Gasteiger partial charge in [0.25, 0.3) is 0 Å². The van der Waals surface area contributed by atoms with Crippen LogP contribution in [0.1, 0.15) is 5.56 Å². The largest absolute Gasteiger partial charge is 0.508 e. The van der Waals surface area contributed by atoms with Crippen molar-refractivity contribution >= 4 is 12.0 Å². The van der Waals surface area contributed by atoms with Gasteiger partial charge in [0.2, 0.25) is 6.29 Å². The zero-order chi connectivity index (χ0) is 33.1. The van der Waals surface area contributed by atoms with Gasteiger partial charge in [-0.1, -0.05) is 18.2 Å². The molecule has 3 heterocycles. The van der Waals surface area contributed by atoms with Gasteiger partial charge in [-0.25, -0.2) is 4.79 Å². The van der Waals surface area contributed by atoms with Gasteiger partial charge in [0.1, 0.15) is 61.2 Å². The number of carbonyl (C=O) groups excluding carboxylic acids is 1. The minimum atomic E-state index is -1.74. The van der Waals surface area contributed by atoms with Crippen molar-refractivity contribution in [1.29, 1.82) is 0 Å². The van der Waals surface area contributed by atoms with E-state index in [1.54, 1.807) is 18.2 Å². The Morgan fingerprint density at radius 1 is 0.804 bits per heavy atom. The van der Waals surface area contributed by atoms with Crippen molar-refractivity contribution < 1.29 is 79.2 Å². The first-order valence-electron chi connectivity index (χ1n) is 14.6. The van der Waals surface area contributed by atoms with Crippen molar-refractivity contribution in [3.05, 3.63) is 59.9 Å². The van der Waals surface area contributed by atoms with Crippen LogP contribution in [0.3, 0.4) is 0 Å². The molecule has 16 heteroatoms. The molecule has 16 nitrogen and oxygen atoms in total. The number of ether oxygens (including phenoxy) is 6. The number of phenolic OH excluding ortho intramolecular Hbond substituents is 1. The number of aromatic hydroxyl groups is 1. The van der Waals surface area contributed by atoms with E-state index in [0.29, 0.717) is 11.1 Å². The lowest BCUT2D eigenvalue weighted by molar-refractivity contribution is -0.341. The molecular formula is C30H38O16. The number of aliphatic hydroxyl groups excluding tert-OH is 8. The van der Waals surface area contributed by atoms with Crippen LogP contribution in [0.15, 0.2) is 54.3 Å². The third kappa shape index (κ3) is 7.28. The summed E-state index contributed by atoms with van der Waals surface area (Å²) in [6.45, 7) is -1.64. The first-order chi connectivity index (χ1) is 22.0. The highest BCUT2D eigenvalue weighted by Crippen LogP contribution is 2.43. The van der Waals surface area contributed by atoms with E-state index < -0.39 is 111 Å². The van der Waals surface area contributed by atoms with E-state index in [2.05, 4.69) is 0 Å². The highest BCUT2D eigenvalue weighted by atomic mass is 16.8. The van der Waals surface area contributed by atoms with Gasteiger partial charge in [0.15, 0.2) is 12.6 Å². The predicted octanol–water partition coefficient (Wildman–Crippen LogP) is -3.01. The molecule has 0 bridgehead atoms. The summed E-state index contributed by atoms with van der Waals surface area (Å²) in [4.78, 5) is 12.3. The fourth-order valence-electron chi connectivity index (χ4n) is 5.77. The molecule has 0 unspecified atom stereocenters. The van der Waals surface area contributed by atoms with Gasteiger partial charge in [-0.05, 0) is 35.4 Å². The van der Waals surface area contributed by atoms with Crippen molar-refractivity contribution in [1.82, 2.24) is 0 Å². The maximum absolute atomic E-state index is 12.3. The standard InChI is InChI=1S/C30H38O16/c31-10-14-9-17(16-7-8-41-28(21(14)16)46-30-27(40)24(37)22(35)18(11-32)44-30)43-29-26(39)25(38)23(36)19(45-29)12-42-20(34)6-3-13-1-4-15(33)5-2-13/h1-9,16-19,21-33,35-40H,10-12H2/t16-,17+,18+,19+,21+,22+,23+,24-,25-,26+,27+,28-,29+,30-/m0/s1. The Bertz CT molecular complexity index is 1270. The highest BCUT2D eigenvalue weighted by molar-refractivity contribution is 5.87. The normalized spacial score (nSPS) is 40.7. The van der Waals surface area contributed by atoms with Crippen LogP contribution in [-0.4, -0.2) is 146 Å². The molecule has 0 spiro atoms. The molecule has 2 fully saturated rings. The van der Waals surface area contributed by atoms with E-state index in [1.165, 1.54) is 30.5 Å². The number of hydrogen-bond acceptors (Lipinski definition) is 16. The number of fused-ring (bicyclic) bond motifs is 1. The van der Waals surface area contributed by atoms with Crippen LogP contribution in [0, 0.1) is 11.8 Å². The first-order valence-corrected chi connectivity index (χ1v) is 14.6. The van der Waals surface area contributed by atoms with E-state index in [4.69, 9.17) is 28.4 Å². The minimum Gasteiger partial charge on any atom is -0.508 e. The monoisotopic (exact) mass is 654 g/mol. The van der Waals surface area contributed by atoms with Crippen LogP contribution in [-0.2, 0) is 33.2 Å². The van der Waals surface area contributed by atoms with E-state index in [9.17, 15) is 50.8 Å². The number of aliphatic hydroxyl groups is 8. The van der Waals surface area contributed by atoms with E-state index in [0.717, 1.165) is 6.08 Å². The Balaban J connectivity index is 1.22. The molecule has 9 N–H and O–H groups in total. The Hall–Kier alpha value is -2.97. The molecule has 0 aromatic heterocycles. The lowest BCUT2D eigenvalue weighted by atomic mass is 9.88. The van der Waals surface area contributed by atoms with Gasteiger partial charge in [0, 0.05) is 12.0 Å². The van der Waals surface area contributed by atoms with Crippen molar-refractivity contribution in [3.63, 3.8) is 0 Å². The van der Waals surface area contributed by atoms with Crippen molar-refractivity contribution in [2.24, 2.45) is 11.8 Å². The second-order valence-electron chi connectivity index (χ2n) is 11.3. The quantitative estimate of drug-likeness (QED) is 0.0692. The molecule has 14 atom stereocenters. The van der Waals surface area contributed by atoms with E-state index in [-0.39, 0.29) is 5.75 Å². The summed E-state index contributed by atoms with van der Waals surface area (Å²) in [5.74, 6) is -2.06.